The van der Waals surface area contributed by atoms with Gasteiger partial charge in [0.1, 0.15) is 0 Å². The van der Waals surface area contributed by atoms with E-state index in [1.165, 1.54) is 7.11 Å². The van der Waals surface area contributed by atoms with E-state index >= 15 is 0 Å². The fraction of sp³-hybridized carbons (Fsp3) is 0.500. The third-order valence-electron chi connectivity index (χ3n) is 3.89. The second-order valence-corrected chi connectivity index (χ2v) is 5.44. The number of carboxylic acids is 1. The highest BCUT2D eigenvalue weighted by Gasteiger charge is 2.26. The van der Waals surface area contributed by atoms with Crippen molar-refractivity contribution in [1.82, 2.24) is 4.90 Å². The largest absolute Gasteiger partial charge is 0.481 e. The smallest absolute Gasteiger partial charge is 0.309 e. The minimum atomic E-state index is -0.825. The highest BCUT2D eigenvalue weighted by Crippen LogP contribution is 2.21. The summed E-state index contributed by atoms with van der Waals surface area (Å²) in [4.78, 5) is 24.8. The molecule has 114 valence electrons. The number of carbonyl (C=O) groups excluding carboxylic acids is 1. The molecule has 5 heteroatoms. The number of carboxylic acid groups (broad SMARTS) is 1. The minimum Gasteiger partial charge on any atom is -0.481 e. The number of carbonyl (C=O) groups is 2. The van der Waals surface area contributed by atoms with Crippen molar-refractivity contribution in [3.63, 3.8) is 0 Å². The second-order valence-electron chi connectivity index (χ2n) is 5.44. The van der Waals surface area contributed by atoms with Crippen LogP contribution in [0.3, 0.4) is 0 Å². The van der Waals surface area contributed by atoms with E-state index in [2.05, 4.69) is 4.90 Å². The molecule has 21 heavy (non-hydrogen) atoms. The fourth-order valence-corrected chi connectivity index (χ4v) is 2.85. The van der Waals surface area contributed by atoms with Crippen molar-refractivity contribution in [3.8, 4) is 0 Å². The van der Waals surface area contributed by atoms with Crippen molar-refractivity contribution in [2.24, 2.45) is 5.92 Å². The van der Waals surface area contributed by atoms with E-state index < -0.39 is 5.97 Å². The average molecular weight is 291 g/mol. The van der Waals surface area contributed by atoms with Crippen molar-refractivity contribution >= 4 is 11.9 Å². The van der Waals surface area contributed by atoms with Crippen LogP contribution in [-0.4, -0.2) is 42.1 Å². The first-order chi connectivity index (χ1) is 10.1. The number of likely N-dealkylation sites (tertiary alicyclic amines) is 1. The van der Waals surface area contributed by atoms with E-state index in [0.717, 1.165) is 30.5 Å². The number of piperidine rings is 1. The molecule has 1 atom stereocenters. The van der Waals surface area contributed by atoms with Crippen LogP contribution >= 0.6 is 0 Å². The lowest BCUT2D eigenvalue weighted by Gasteiger charge is -2.31. The standard InChI is InChI=1S/C16H21NO4/c1-21-16(20)14-7-4-8-17(11-14)10-13-6-3-2-5-12(13)9-15(18)19/h2-3,5-6,14H,4,7-11H2,1H3,(H,18,19)/t14-/m0/s1. The van der Waals surface area contributed by atoms with Gasteiger partial charge < -0.3 is 9.84 Å². The molecule has 1 N–H and O–H groups in total. The van der Waals surface area contributed by atoms with Crippen molar-refractivity contribution in [2.75, 3.05) is 20.2 Å². The zero-order valence-electron chi connectivity index (χ0n) is 12.2. The summed E-state index contributed by atoms with van der Waals surface area (Å²) in [6.45, 7) is 2.28. The molecule has 1 saturated heterocycles. The number of benzene rings is 1. The lowest BCUT2D eigenvalue weighted by molar-refractivity contribution is -0.147. The van der Waals surface area contributed by atoms with E-state index in [1.54, 1.807) is 0 Å². The van der Waals surface area contributed by atoms with Gasteiger partial charge in [0.25, 0.3) is 0 Å². The molecule has 0 unspecified atom stereocenters. The number of ether oxygens (including phenoxy) is 1. The van der Waals surface area contributed by atoms with Crippen LogP contribution in [0.2, 0.25) is 0 Å². The van der Waals surface area contributed by atoms with Gasteiger partial charge >= 0.3 is 11.9 Å². The third kappa shape index (κ3) is 4.29. The highest BCUT2D eigenvalue weighted by atomic mass is 16.5. The monoisotopic (exact) mass is 291 g/mol. The van der Waals surface area contributed by atoms with Gasteiger partial charge in [0.15, 0.2) is 0 Å². The molecule has 1 fully saturated rings. The van der Waals surface area contributed by atoms with E-state index in [-0.39, 0.29) is 18.3 Å². The van der Waals surface area contributed by atoms with Gasteiger partial charge in [-0.25, -0.2) is 0 Å². The first-order valence-corrected chi connectivity index (χ1v) is 7.19. The number of esters is 1. The van der Waals surface area contributed by atoms with E-state index in [1.807, 2.05) is 24.3 Å². The van der Waals surface area contributed by atoms with Gasteiger partial charge in [0, 0.05) is 13.1 Å². The maximum absolute atomic E-state index is 11.7. The lowest BCUT2D eigenvalue weighted by Crippen LogP contribution is -2.38. The summed E-state index contributed by atoms with van der Waals surface area (Å²) in [6, 6.07) is 7.59. The zero-order chi connectivity index (χ0) is 15.2. The van der Waals surface area contributed by atoms with Gasteiger partial charge in [0.05, 0.1) is 19.4 Å². The van der Waals surface area contributed by atoms with Crippen molar-refractivity contribution < 1.29 is 19.4 Å². The molecule has 1 aromatic rings. The topological polar surface area (TPSA) is 66.8 Å². The van der Waals surface area contributed by atoms with E-state index in [0.29, 0.717) is 13.1 Å². The van der Waals surface area contributed by atoms with Crippen LogP contribution in [-0.2, 0) is 27.3 Å². The molecule has 0 bridgehead atoms. The number of rotatable bonds is 5. The Bertz CT molecular complexity index is 515. The summed E-state index contributed by atoms with van der Waals surface area (Å²) < 4.78 is 4.82. The molecule has 0 radical (unpaired) electrons. The molecule has 5 nitrogen and oxygen atoms in total. The molecular formula is C16H21NO4. The summed E-state index contributed by atoms with van der Waals surface area (Å²) in [6.07, 6.45) is 1.85. The average Bonchev–Trinajstić information content (AvgIpc) is 2.48. The van der Waals surface area contributed by atoms with Crippen LogP contribution < -0.4 is 0 Å². The molecule has 1 aromatic carbocycles. The maximum atomic E-state index is 11.7. The number of hydrogen-bond donors (Lipinski definition) is 1. The molecule has 2 rings (SSSR count). The molecule has 1 aliphatic heterocycles. The molecule has 0 spiro atoms. The Hall–Kier alpha value is -1.88. The number of methoxy groups -OCH3 is 1. The number of aliphatic carboxylic acids is 1. The van der Waals surface area contributed by atoms with Gasteiger partial charge in [-0.2, -0.15) is 0 Å². The highest BCUT2D eigenvalue weighted by molar-refractivity contribution is 5.72. The summed E-state index contributed by atoms with van der Waals surface area (Å²) in [5.41, 5.74) is 1.86. The maximum Gasteiger partial charge on any atom is 0.309 e. The summed E-state index contributed by atoms with van der Waals surface area (Å²) in [5, 5.41) is 8.97. The Labute approximate surface area is 124 Å². The Balaban J connectivity index is 2.04. The summed E-state index contributed by atoms with van der Waals surface area (Å²) in [7, 11) is 1.42. The Morgan fingerprint density at radius 2 is 2.05 bits per heavy atom. The van der Waals surface area contributed by atoms with Crippen LogP contribution in [0.15, 0.2) is 24.3 Å². The zero-order valence-corrected chi connectivity index (χ0v) is 12.2. The van der Waals surface area contributed by atoms with Crippen LogP contribution in [0.4, 0.5) is 0 Å². The fourth-order valence-electron chi connectivity index (χ4n) is 2.85. The van der Waals surface area contributed by atoms with Crippen LogP contribution in [0, 0.1) is 5.92 Å². The lowest BCUT2D eigenvalue weighted by atomic mass is 9.96. The molecule has 1 aliphatic rings. The predicted molar refractivity (Wildman–Crippen MR) is 77.8 cm³/mol. The van der Waals surface area contributed by atoms with E-state index in [9.17, 15) is 9.59 Å². The first kappa shape index (κ1) is 15.5. The number of hydrogen-bond acceptors (Lipinski definition) is 4. The summed E-state index contributed by atoms with van der Waals surface area (Å²) in [5.74, 6) is -1.05. The molecule has 0 aromatic heterocycles. The van der Waals surface area contributed by atoms with Crippen LogP contribution in [0.25, 0.3) is 0 Å². The molecule has 0 aliphatic carbocycles. The van der Waals surface area contributed by atoms with Crippen LogP contribution in [0.5, 0.6) is 0 Å². The van der Waals surface area contributed by atoms with E-state index in [4.69, 9.17) is 9.84 Å². The number of nitrogens with zero attached hydrogens (tertiary/aromatic N) is 1. The van der Waals surface area contributed by atoms with Gasteiger partial charge in [-0.1, -0.05) is 24.3 Å². The SMILES string of the molecule is COC(=O)[C@H]1CCCN(Cc2ccccc2CC(=O)O)C1. The van der Waals surface area contributed by atoms with Gasteiger partial charge in [0.2, 0.25) is 0 Å². The minimum absolute atomic E-state index is 0.0322. The summed E-state index contributed by atoms with van der Waals surface area (Å²) >= 11 is 0. The molecule has 1 heterocycles. The second kappa shape index (κ2) is 7.22. The predicted octanol–water partition coefficient (Wildman–Crippen LogP) is 1.70. The Morgan fingerprint density at radius 3 is 2.71 bits per heavy atom. The Kier molecular flexibility index (Phi) is 5.33. The molecule has 0 amide bonds. The van der Waals surface area contributed by atoms with Crippen molar-refractivity contribution in [2.45, 2.75) is 25.8 Å². The third-order valence-corrected chi connectivity index (χ3v) is 3.89. The normalized spacial score (nSPS) is 19.2. The van der Waals surface area contributed by atoms with Crippen molar-refractivity contribution in [1.29, 1.82) is 0 Å². The van der Waals surface area contributed by atoms with Gasteiger partial charge in [-0.3, -0.25) is 14.5 Å². The molecule has 0 saturated carbocycles. The quantitative estimate of drug-likeness (QED) is 0.836. The molecular weight excluding hydrogens is 270 g/mol. The Morgan fingerprint density at radius 1 is 1.33 bits per heavy atom. The van der Waals surface area contributed by atoms with Crippen molar-refractivity contribution in [3.05, 3.63) is 35.4 Å². The van der Waals surface area contributed by atoms with Gasteiger partial charge in [-0.15, -0.1) is 0 Å². The van der Waals surface area contributed by atoms with Crippen LogP contribution in [0.1, 0.15) is 24.0 Å². The first-order valence-electron chi connectivity index (χ1n) is 7.19. The van der Waals surface area contributed by atoms with Gasteiger partial charge in [-0.05, 0) is 30.5 Å².